The van der Waals surface area contributed by atoms with Gasteiger partial charge in [-0.15, -0.1) is 11.3 Å². The van der Waals surface area contributed by atoms with Gasteiger partial charge in [-0.25, -0.2) is 4.98 Å². The summed E-state index contributed by atoms with van der Waals surface area (Å²) >= 11 is 1.83. The third-order valence-electron chi connectivity index (χ3n) is 3.56. The first kappa shape index (κ1) is 11.5. The van der Waals surface area contributed by atoms with Crippen molar-refractivity contribution in [3.8, 4) is 0 Å². The second-order valence-electron chi connectivity index (χ2n) is 5.21. The van der Waals surface area contributed by atoms with Gasteiger partial charge in [0.2, 0.25) is 0 Å². The Kier molecular flexibility index (Phi) is 3.09. The summed E-state index contributed by atoms with van der Waals surface area (Å²) in [5, 5.41) is 1.23. The van der Waals surface area contributed by atoms with Gasteiger partial charge < -0.3 is 10.6 Å². The number of anilines is 1. The van der Waals surface area contributed by atoms with Crippen molar-refractivity contribution in [2.24, 2.45) is 5.73 Å². The van der Waals surface area contributed by atoms with Crippen LogP contribution in [0.4, 0.5) is 5.13 Å². The average Bonchev–Trinajstić information content (AvgIpc) is 3.23. The highest BCUT2D eigenvalue weighted by molar-refractivity contribution is 7.15. The van der Waals surface area contributed by atoms with E-state index in [1.165, 1.54) is 47.8 Å². The molecular weight excluding hydrogens is 230 g/mol. The molecule has 3 rings (SSSR count). The van der Waals surface area contributed by atoms with Gasteiger partial charge in [0.1, 0.15) is 0 Å². The van der Waals surface area contributed by atoms with Crippen molar-refractivity contribution in [2.75, 3.05) is 11.4 Å². The molecule has 2 aliphatic rings. The Morgan fingerprint density at radius 1 is 1.35 bits per heavy atom. The molecule has 94 valence electrons. The summed E-state index contributed by atoms with van der Waals surface area (Å²) < 4.78 is 0. The molecule has 17 heavy (non-hydrogen) atoms. The van der Waals surface area contributed by atoms with E-state index in [0.717, 1.165) is 18.5 Å². The van der Waals surface area contributed by atoms with Gasteiger partial charge in [-0.3, -0.25) is 0 Å². The van der Waals surface area contributed by atoms with E-state index < -0.39 is 0 Å². The van der Waals surface area contributed by atoms with Crippen LogP contribution in [0.25, 0.3) is 0 Å². The number of nitrogens with two attached hydrogens (primary N) is 1. The lowest BCUT2D eigenvalue weighted by Gasteiger charge is -2.20. The standard InChI is InChI=1S/C13H21N3S/c1-2-7-16(10-5-6-10)13-15-12(9-3-4-9)11(8-14)17-13/h9-10H,2-8,14H2,1H3. The Bertz CT molecular complexity index is 393. The molecule has 4 heteroatoms. The van der Waals surface area contributed by atoms with Gasteiger partial charge in [0.25, 0.3) is 0 Å². The molecule has 0 radical (unpaired) electrons. The molecule has 2 fully saturated rings. The van der Waals surface area contributed by atoms with Crippen LogP contribution in [-0.2, 0) is 6.54 Å². The van der Waals surface area contributed by atoms with E-state index in [1.54, 1.807) is 0 Å². The van der Waals surface area contributed by atoms with Gasteiger partial charge in [0.05, 0.1) is 5.69 Å². The lowest BCUT2D eigenvalue weighted by atomic mass is 10.2. The van der Waals surface area contributed by atoms with Crippen LogP contribution in [0.2, 0.25) is 0 Å². The summed E-state index contributed by atoms with van der Waals surface area (Å²) in [5.41, 5.74) is 7.16. The Morgan fingerprint density at radius 2 is 2.12 bits per heavy atom. The van der Waals surface area contributed by atoms with Crippen LogP contribution < -0.4 is 10.6 Å². The first-order valence-electron chi connectivity index (χ1n) is 6.79. The molecule has 0 amide bonds. The highest BCUT2D eigenvalue weighted by Crippen LogP contribution is 2.45. The van der Waals surface area contributed by atoms with Gasteiger partial charge in [0, 0.05) is 29.9 Å². The summed E-state index contributed by atoms with van der Waals surface area (Å²) in [5.74, 6) is 0.723. The maximum absolute atomic E-state index is 5.85. The number of hydrogen-bond donors (Lipinski definition) is 1. The van der Waals surface area contributed by atoms with E-state index in [1.807, 2.05) is 11.3 Å². The highest BCUT2D eigenvalue weighted by Gasteiger charge is 2.34. The molecular formula is C13H21N3S. The van der Waals surface area contributed by atoms with Crippen LogP contribution in [0, 0.1) is 0 Å². The number of thiazole rings is 1. The predicted octanol–water partition coefficient (Wildman–Crippen LogP) is 2.86. The summed E-state index contributed by atoms with van der Waals surface area (Å²) in [7, 11) is 0. The van der Waals surface area contributed by atoms with Gasteiger partial charge in [-0.05, 0) is 32.1 Å². The van der Waals surface area contributed by atoms with Crippen LogP contribution in [0.15, 0.2) is 0 Å². The number of rotatable bonds is 6. The zero-order chi connectivity index (χ0) is 11.8. The molecule has 0 bridgehead atoms. The smallest absolute Gasteiger partial charge is 0.186 e. The molecule has 2 saturated carbocycles. The summed E-state index contributed by atoms with van der Waals surface area (Å²) in [6.07, 6.45) is 6.51. The molecule has 1 aromatic rings. The number of hydrogen-bond acceptors (Lipinski definition) is 4. The van der Waals surface area contributed by atoms with Crippen LogP contribution in [0.1, 0.15) is 55.5 Å². The summed E-state index contributed by atoms with van der Waals surface area (Å²) in [6, 6.07) is 0.763. The Labute approximate surface area is 107 Å². The van der Waals surface area contributed by atoms with Gasteiger partial charge in [-0.2, -0.15) is 0 Å². The molecule has 0 unspecified atom stereocenters. The van der Waals surface area contributed by atoms with Crippen molar-refractivity contribution in [3.05, 3.63) is 10.6 Å². The fraction of sp³-hybridized carbons (Fsp3) is 0.769. The van der Waals surface area contributed by atoms with Gasteiger partial charge in [0.15, 0.2) is 5.13 Å². The lowest BCUT2D eigenvalue weighted by Crippen LogP contribution is -2.26. The van der Waals surface area contributed by atoms with E-state index in [9.17, 15) is 0 Å². The van der Waals surface area contributed by atoms with Crippen molar-refractivity contribution >= 4 is 16.5 Å². The molecule has 2 N–H and O–H groups in total. The Morgan fingerprint density at radius 3 is 2.65 bits per heavy atom. The van der Waals surface area contributed by atoms with Crippen LogP contribution in [0.5, 0.6) is 0 Å². The highest BCUT2D eigenvalue weighted by atomic mass is 32.1. The van der Waals surface area contributed by atoms with E-state index in [4.69, 9.17) is 10.7 Å². The van der Waals surface area contributed by atoms with E-state index in [2.05, 4.69) is 11.8 Å². The first-order valence-corrected chi connectivity index (χ1v) is 7.61. The average molecular weight is 251 g/mol. The van der Waals surface area contributed by atoms with Crippen LogP contribution >= 0.6 is 11.3 Å². The molecule has 1 aromatic heterocycles. The van der Waals surface area contributed by atoms with Gasteiger partial charge >= 0.3 is 0 Å². The van der Waals surface area contributed by atoms with E-state index in [-0.39, 0.29) is 0 Å². The third-order valence-corrected chi connectivity index (χ3v) is 4.69. The fourth-order valence-corrected chi connectivity index (χ4v) is 3.48. The van der Waals surface area contributed by atoms with E-state index in [0.29, 0.717) is 6.54 Å². The maximum atomic E-state index is 5.85. The molecule has 3 nitrogen and oxygen atoms in total. The predicted molar refractivity (Wildman–Crippen MR) is 72.6 cm³/mol. The molecule has 2 aliphatic carbocycles. The first-order chi connectivity index (χ1) is 8.33. The summed E-state index contributed by atoms with van der Waals surface area (Å²) in [6.45, 7) is 4.05. The zero-order valence-electron chi connectivity index (χ0n) is 10.5. The minimum Gasteiger partial charge on any atom is -0.345 e. The third kappa shape index (κ3) is 2.33. The van der Waals surface area contributed by atoms with Crippen molar-refractivity contribution in [2.45, 2.75) is 57.5 Å². The van der Waals surface area contributed by atoms with Crippen molar-refractivity contribution < 1.29 is 0 Å². The minimum atomic E-state index is 0.661. The SMILES string of the molecule is CCCN(c1nc(C2CC2)c(CN)s1)C1CC1. The maximum Gasteiger partial charge on any atom is 0.186 e. The second kappa shape index (κ2) is 4.58. The topological polar surface area (TPSA) is 42.2 Å². The molecule has 0 spiro atoms. The van der Waals surface area contributed by atoms with Crippen LogP contribution in [-0.4, -0.2) is 17.6 Å². The lowest BCUT2D eigenvalue weighted by molar-refractivity contribution is 0.756. The number of nitrogens with zero attached hydrogens (tertiary/aromatic N) is 2. The Balaban J connectivity index is 1.84. The minimum absolute atomic E-state index is 0.661. The molecule has 1 heterocycles. The molecule has 0 aliphatic heterocycles. The Hall–Kier alpha value is -0.610. The normalized spacial score (nSPS) is 19.6. The van der Waals surface area contributed by atoms with Gasteiger partial charge in [-0.1, -0.05) is 6.92 Å². The second-order valence-corrected chi connectivity index (χ2v) is 6.27. The fourth-order valence-electron chi connectivity index (χ4n) is 2.36. The number of aromatic nitrogens is 1. The van der Waals surface area contributed by atoms with E-state index >= 15 is 0 Å². The molecule has 0 saturated heterocycles. The quantitative estimate of drug-likeness (QED) is 0.845. The molecule has 0 aromatic carbocycles. The molecule has 0 atom stereocenters. The van der Waals surface area contributed by atoms with Crippen molar-refractivity contribution in [3.63, 3.8) is 0 Å². The van der Waals surface area contributed by atoms with Crippen LogP contribution in [0.3, 0.4) is 0 Å². The zero-order valence-corrected chi connectivity index (χ0v) is 11.3. The summed E-state index contributed by atoms with van der Waals surface area (Å²) in [4.78, 5) is 8.72. The largest absolute Gasteiger partial charge is 0.345 e. The monoisotopic (exact) mass is 251 g/mol. The van der Waals surface area contributed by atoms with Crippen molar-refractivity contribution in [1.29, 1.82) is 0 Å². The van der Waals surface area contributed by atoms with Crippen molar-refractivity contribution in [1.82, 2.24) is 4.98 Å².